The van der Waals surface area contributed by atoms with Gasteiger partial charge in [-0.3, -0.25) is 4.79 Å². The van der Waals surface area contributed by atoms with E-state index < -0.39 is 33.1 Å². The van der Waals surface area contributed by atoms with Crippen LogP contribution in [0.25, 0.3) is 0 Å². The van der Waals surface area contributed by atoms with Gasteiger partial charge in [-0.1, -0.05) is 6.07 Å². The fourth-order valence-corrected chi connectivity index (χ4v) is 2.81. The van der Waals surface area contributed by atoms with Crippen LogP contribution in [0.1, 0.15) is 0 Å². The van der Waals surface area contributed by atoms with Crippen LogP contribution in [0.5, 0.6) is 0 Å². The zero-order valence-electron chi connectivity index (χ0n) is 10.7. The summed E-state index contributed by atoms with van der Waals surface area (Å²) in [4.78, 5) is 11.4. The lowest BCUT2D eigenvalue weighted by molar-refractivity contribution is -0.113. The molecule has 0 spiro atoms. The van der Waals surface area contributed by atoms with Gasteiger partial charge in [-0.15, -0.1) is 0 Å². The van der Waals surface area contributed by atoms with Gasteiger partial charge in [0, 0.05) is 5.69 Å². The van der Waals surface area contributed by atoms with Crippen LogP contribution in [0.4, 0.5) is 14.5 Å². The molecule has 2 rings (SSSR count). The fraction of sp³-hybridized carbons (Fsp3) is 0.0714. The van der Waals surface area contributed by atoms with E-state index in [1.807, 2.05) is 0 Å². The lowest BCUT2D eigenvalue weighted by Gasteiger charge is -2.06. The topological polar surface area (TPSA) is 63.2 Å². The van der Waals surface area contributed by atoms with Gasteiger partial charge in [-0.2, -0.15) is 0 Å². The molecule has 110 valence electrons. The minimum Gasteiger partial charge on any atom is -0.325 e. The minimum absolute atomic E-state index is 0.267. The van der Waals surface area contributed by atoms with Gasteiger partial charge in [0.2, 0.25) is 5.91 Å². The van der Waals surface area contributed by atoms with Crippen molar-refractivity contribution in [2.45, 2.75) is 4.90 Å². The predicted molar refractivity (Wildman–Crippen MR) is 73.5 cm³/mol. The third kappa shape index (κ3) is 4.09. The monoisotopic (exact) mass is 311 g/mol. The van der Waals surface area contributed by atoms with Crippen molar-refractivity contribution in [2.24, 2.45) is 0 Å². The van der Waals surface area contributed by atoms with E-state index in [4.69, 9.17) is 0 Å². The van der Waals surface area contributed by atoms with Crippen LogP contribution >= 0.6 is 0 Å². The minimum atomic E-state index is -3.94. The summed E-state index contributed by atoms with van der Waals surface area (Å²) in [5.41, 5.74) is 0.274. The summed E-state index contributed by atoms with van der Waals surface area (Å²) in [6.07, 6.45) is 0. The molecule has 0 saturated carbocycles. The number of hydrogen-bond donors (Lipinski definition) is 1. The Balaban J connectivity index is 2.09. The molecule has 2 aromatic carbocycles. The van der Waals surface area contributed by atoms with Crippen molar-refractivity contribution in [3.63, 3.8) is 0 Å². The summed E-state index contributed by atoms with van der Waals surface area (Å²) in [5, 5.41) is 2.33. The summed E-state index contributed by atoms with van der Waals surface area (Å²) in [5.74, 6) is -2.78. The lowest BCUT2D eigenvalue weighted by atomic mass is 10.3. The Kier molecular flexibility index (Phi) is 4.32. The quantitative estimate of drug-likeness (QED) is 0.943. The van der Waals surface area contributed by atoms with Crippen LogP contribution in [-0.2, 0) is 14.6 Å². The molecular formula is C14H11F2NO3S. The first-order valence-electron chi connectivity index (χ1n) is 5.90. The van der Waals surface area contributed by atoms with Gasteiger partial charge >= 0.3 is 0 Å². The second-order valence-electron chi connectivity index (χ2n) is 4.27. The van der Waals surface area contributed by atoms with Crippen molar-refractivity contribution in [3.05, 3.63) is 60.2 Å². The SMILES string of the molecule is O=C(CS(=O)(=O)c1cccc(F)c1)Nc1ccc(F)cc1. The molecule has 4 nitrogen and oxygen atoms in total. The van der Waals surface area contributed by atoms with Crippen LogP contribution in [0.3, 0.4) is 0 Å². The molecule has 0 radical (unpaired) electrons. The second-order valence-corrected chi connectivity index (χ2v) is 6.26. The summed E-state index contributed by atoms with van der Waals surface area (Å²) < 4.78 is 49.6. The molecular weight excluding hydrogens is 300 g/mol. The number of rotatable bonds is 4. The summed E-state index contributed by atoms with van der Waals surface area (Å²) in [7, 11) is -3.94. The van der Waals surface area contributed by atoms with E-state index in [9.17, 15) is 22.0 Å². The average Bonchev–Trinajstić information content (AvgIpc) is 2.41. The molecule has 21 heavy (non-hydrogen) atoms. The zero-order chi connectivity index (χ0) is 15.5. The number of halogens is 2. The Morgan fingerprint density at radius 1 is 1.00 bits per heavy atom. The Bertz CT molecular complexity index is 758. The summed E-state index contributed by atoms with van der Waals surface area (Å²) >= 11 is 0. The third-order valence-corrected chi connectivity index (χ3v) is 4.22. The highest BCUT2D eigenvalue weighted by Crippen LogP contribution is 2.14. The van der Waals surface area contributed by atoms with Gasteiger partial charge in [-0.05, 0) is 42.5 Å². The van der Waals surface area contributed by atoms with Crippen molar-refractivity contribution >= 4 is 21.4 Å². The maximum Gasteiger partial charge on any atom is 0.239 e. The highest BCUT2D eigenvalue weighted by Gasteiger charge is 2.19. The van der Waals surface area contributed by atoms with Crippen LogP contribution in [-0.4, -0.2) is 20.1 Å². The highest BCUT2D eigenvalue weighted by molar-refractivity contribution is 7.92. The van der Waals surface area contributed by atoms with E-state index in [1.54, 1.807) is 0 Å². The Labute approximate surface area is 120 Å². The number of carbonyl (C=O) groups is 1. The van der Waals surface area contributed by atoms with Gasteiger partial charge in [0.1, 0.15) is 17.4 Å². The maximum atomic E-state index is 13.0. The number of amides is 1. The molecule has 0 aliphatic carbocycles. The maximum absolute atomic E-state index is 13.0. The van der Waals surface area contributed by atoms with E-state index in [0.29, 0.717) is 0 Å². The molecule has 0 heterocycles. The van der Waals surface area contributed by atoms with E-state index in [1.165, 1.54) is 24.3 Å². The summed E-state index contributed by atoms with van der Waals surface area (Å²) in [6.45, 7) is 0. The van der Waals surface area contributed by atoms with E-state index >= 15 is 0 Å². The van der Waals surface area contributed by atoms with Crippen molar-refractivity contribution in [3.8, 4) is 0 Å². The molecule has 1 N–H and O–H groups in total. The van der Waals surface area contributed by atoms with Crippen LogP contribution in [0.2, 0.25) is 0 Å². The van der Waals surface area contributed by atoms with E-state index in [-0.39, 0.29) is 10.6 Å². The molecule has 0 aliphatic rings. The van der Waals surface area contributed by atoms with E-state index in [0.717, 1.165) is 24.3 Å². The first-order valence-corrected chi connectivity index (χ1v) is 7.56. The number of carbonyl (C=O) groups excluding carboxylic acids is 1. The molecule has 0 bridgehead atoms. The van der Waals surface area contributed by atoms with E-state index in [2.05, 4.69) is 5.32 Å². The number of anilines is 1. The van der Waals surface area contributed by atoms with Gasteiger partial charge < -0.3 is 5.32 Å². The molecule has 2 aromatic rings. The molecule has 0 fully saturated rings. The first-order chi connectivity index (χ1) is 9.87. The first kappa shape index (κ1) is 15.1. The van der Waals surface area contributed by atoms with Crippen molar-refractivity contribution in [1.82, 2.24) is 0 Å². The average molecular weight is 311 g/mol. The Morgan fingerprint density at radius 3 is 2.29 bits per heavy atom. The van der Waals surface area contributed by atoms with Crippen LogP contribution < -0.4 is 5.32 Å². The fourth-order valence-electron chi connectivity index (χ4n) is 1.65. The predicted octanol–water partition coefficient (Wildman–Crippen LogP) is 2.38. The standard InChI is InChI=1S/C14H11F2NO3S/c15-10-4-6-12(7-5-10)17-14(18)9-21(19,20)13-3-1-2-11(16)8-13/h1-8H,9H2,(H,17,18). The van der Waals surface area contributed by atoms with Gasteiger partial charge in [0.25, 0.3) is 0 Å². The molecule has 7 heteroatoms. The molecule has 0 unspecified atom stereocenters. The van der Waals surface area contributed by atoms with Crippen molar-refractivity contribution in [2.75, 3.05) is 11.1 Å². The molecule has 1 amide bonds. The number of sulfone groups is 1. The lowest BCUT2D eigenvalue weighted by Crippen LogP contribution is -2.23. The zero-order valence-corrected chi connectivity index (χ0v) is 11.5. The number of hydrogen-bond acceptors (Lipinski definition) is 3. The smallest absolute Gasteiger partial charge is 0.239 e. The highest BCUT2D eigenvalue weighted by atomic mass is 32.2. The number of benzene rings is 2. The van der Waals surface area contributed by atoms with Gasteiger partial charge in [0.05, 0.1) is 4.90 Å². The third-order valence-electron chi connectivity index (χ3n) is 2.60. The molecule has 0 aromatic heterocycles. The van der Waals surface area contributed by atoms with Crippen LogP contribution in [0.15, 0.2) is 53.4 Å². The van der Waals surface area contributed by atoms with Crippen molar-refractivity contribution in [1.29, 1.82) is 0 Å². The second kappa shape index (κ2) is 6.01. The summed E-state index contributed by atoms with van der Waals surface area (Å²) in [6, 6.07) is 9.30. The Morgan fingerprint density at radius 2 is 1.67 bits per heavy atom. The molecule has 0 atom stereocenters. The molecule has 0 saturated heterocycles. The van der Waals surface area contributed by atoms with Gasteiger partial charge in [-0.25, -0.2) is 17.2 Å². The van der Waals surface area contributed by atoms with Gasteiger partial charge in [0.15, 0.2) is 9.84 Å². The largest absolute Gasteiger partial charge is 0.325 e. The van der Waals surface area contributed by atoms with Crippen molar-refractivity contribution < 1.29 is 22.0 Å². The van der Waals surface area contributed by atoms with Crippen LogP contribution in [0, 0.1) is 11.6 Å². The molecule has 0 aliphatic heterocycles. The number of nitrogens with one attached hydrogen (secondary N) is 1. The Hall–Kier alpha value is -2.28. The normalized spacial score (nSPS) is 11.1.